The normalized spacial score (nSPS) is 24.3. The fourth-order valence-corrected chi connectivity index (χ4v) is 3.05. The van der Waals surface area contributed by atoms with Crippen LogP contribution in [0.4, 0.5) is 0 Å². The third-order valence-corrected chi connectivity index (χ3v) is 4.01. The van der Waals surface area contributed by atoms with Crippen LogP contribution in [-0.2, 0) is 5.54 Å². The molecule has 1 fully saturated rings. The van der Waals surface area contributed by atoms with Gasteiger partial charge in [0.1, 0.15) is 0 Å². The minimum absolute atomic E-state index is 0.169. The summed E-state index contributed by atoms with van der Waals surface area (Å²) in [4.78, 5) is 4.45. The van der Waals surface area contributed by atoms with Crippen LogP contribution in [0.15, 0.2) is 36.5 Å². The predicted octanol–water partition coefficient (Wildman–Crippen LogP) is 3.22. The predicted molar refractivity (Wildman–Crippen MR) is 70.9 cm³/mol. The quantitative estimate of drug-likeness (QED) is 0.850. The number of hydrogen-bond donors (Lipinski definition) is 1. The second-order valence-corrected chi connectivity index (χ2v) is 4.84. The highest BCUT2D eigenvalue weighted by molar-refractivity contribution is 5.83. The molecule has 1 atom stereocenters. The second-order valence-electron chi connectivity index (χ2n) is 4.84. The molecule has 0 saturated carbocycles. The smallest absolute Gasteiger partial charge is 0.0705 e. The number of rotatable bonds is 2. The molecule has 3 rings (SSSR count). The van der Waals surface area contributed by atoms with Gasteiger partial charge in [-0.05, 0) is 43.5 Å². The van der Waals surface area contributed by atoms with Gasteiger partial charge in [0.2, 0.25) is 0 Å². The molecule has 1 N–H and O–H groups in total. The molecule has 1 aromatic heterocycles. The van der Waals surface area contributed by atoms with Gasteiger partial charge < -0.3 is 5.32 Å². The van der Waals surface area contributed by atoms with E-state index in [1.807, 2.05) is 12.3 Å². The molecule has 0 amide bonds. The molecule has 1 aliphatic rings. The van der Waals surface area contributed by atoms with E-state index >= 15 is 0 Å². The van der Waals surface area contributed by atoms with Crippen LogP contribution in [0.5, 0.6) is 0 Å². The van der Waals surface area contributed by atoms with Crippen molar-refractivity contribution >= 4 is 10.9 Å². The van der Waals surface area contributed by atoms with E-state index in [2.05, 4.69) is 41.5 Å². The molecule has 17 heavy (non-hydrogen) atoms. The summed E-state index contributed by atoms with van der Waals surface area (Å²) in [6.45, 7) is 3.40. The van der Waals surface area contributed by atoms with Gasteiger partial charge in [-0.15, -0.1) is 0 Å². The van der Waals surface area contributed by atoms with Gasteiger partial charge in [0.05, 0.1) is 5.52 Å². The maximum absolute atomic E-state index is 4.45. The van der Waals surface area contributed by atoms with E-state index in [-0.39, 0.29) is 5.54 Å². The molecule has 0 spiro atoms. The molecular formula is C15H18N2. The standard InChI is InChI=1S/C15H18N2/c1-2-15(9-5-11-17-15)13-7-3-8-14-12(13)6-4-10-16-14/h3-4,6-8,10,17H,2,5,9,11H2,1H3. The Morgan fingerprint density at radius 2 is 2.24 bits per heavy atom. The van der Waals surface area contributed by atoms with Crippen LogP contribution in [0.25, 0.3) is 10.9 Å². The number of benzene rings is 1. The molecule has 2 heterocycles. The van der Waals surface area contributed by atoms with Crippen molar-refractivity contribution in [2.24, 2.45) is 0 Å². The Morgan fingerprint density at radius 3 is 3.00 bits per heavy atom. The maximum Gasteiger partial charge on any atom is 0.0705 e. The molecule has 1 unspecified atom stereocenters. The Bertz CT molecular complexity index is 522. The van der Waals surface area contributed by atoms with E-state index in [4.69, 9.17) is 0 Å². The number of nitrogens with zero attached hydrogens (tertiary/aromatic N) is 1. The average Bonchev–Trinajstić information content (AvgIpc) is 2.88. The zero-order chi connectivity index (χ0) is 11.7. The van der Waals surface area contributed by atoms with Gasteiger partial charge in [0.25, 0.3) is 0 Å². The number of hydrogen-bond acceptors (Lipinski definition) is 2. The molecule has 1 saturated heterocycles. The summed E-state index contributed by atoms with van der Waals surface area (Å²) in [5, 5.41) is 5.00. The van der Waals surface area contributed by atoms with Gasteiger partial charge in [0, 0.05) is 17.1 Å². The summed E-state index contributed by atoms with van der Waals surface area (Å²) in [6, 6.07) is 10.7. The lowest BCUT2D eigenvalue weighted by molar-refractivity contribution is 0.379. The van der Waals surface area contributed by atoms with E-state index in [0.29, 0.717) is 0 Å². The lowest BCUT2D eigenvalue weighted by Gasteiger charge is -2.30. The van der Waals surface area contributed by atoms with Gasteiger partial charge >= 0.3 is 0 Å². The van der Waals surface area contributed by atoms with Crippen molar-refractivity contribution in [1.82, 2.24) is 10.3 Å². The lowest BCUT2D eigenvalue weighted by atomic mass is 9.83. The molecule has 1 aromatic carbocycles. The summed E-state index contributed by atoms with van der Waals surface area (Å²) < 4.78 is 0. The van der Waals surface area contributed by atoms with Crippen molar-refractivity contribution in [3.05, 3.63) is 42.1 Å². The SMILES string of the molecule is CCC1(c2cccc3ncccc23)CCCN1. The van der Waals surface area contributed by atoms with Crippen LogP contribution < -0.4 is 5.32 Å². The van der Waals surface area contributed by atoms with Crippen molar-refractivity contribution in [2.45, 2.75) is 31.7 Å². The van der Waals surface area contributed by atoms with E-state index in [9.17, 15) is 0 Å². The Kier molecular flexibility index (Phi) is 2.60. The third kappa shape index (κ3) is 1.64. The summed E-state index contributed by atoms with van der Waals surface area (Å²) >= 11 is 0. The first-order valence-corrected chi connectivity index (χ1v) is 6.45. The summed E-state index contributed by atoms with van der Waals surface area (Å²) in [5.41, 5.74) is 2.69. The number of nitrogens with one attached hydrogen (secondary N) is 1. The van der Waals surface area contributed by atoms with Gasteiger partial charge in [-0.2, -0.15) is 0 Å². The molecule has 0 bridgehead atoms. The molecule has 2 aromatic rings. The van der Waals surface area contributed by atoms with Crippen molar-refractivity contribution < 1.29 is 0 Å². The highest BCUT2D eigenvalue weighted by Gasteiger charge is 2.34. The number of fused-ring (bicyclic) bond motifs is 1. The maximum atomic E-state index is 4.45. The van der Waals surface area contributed by atoms with Crippen LogP contribution in [0.3, 0.4) is 0 Å². The minimum atomic E-state index is 0.169. The van der Waals surface area contributed by atoms with Crippen LogP contribution in [0.1, 0.15) is 31.7 Å². The fourth-order valence-electron chi connectivity index (χ4n) is 3.05. The van der Waals surface area contributed by atoms with Crippen molar-refractivity contribution in [2.75, 3.05) is 6.54 Å². The highest BCUT2D eigenvalue weighted by atomic mass is 15.0. The van der Waals surface area contributed by atoms with Crippen LogP contribution in [0.2, 0.25) is 0 Å². The number of pyridine rings is 1. The van der Waals surface area contributed by atoms with Crippen molar-refractivity contribution in [3.8, 4) is 0 Å². The van der Waals surface area contributed by atoms with Gasteiger partial charge in [-0.1, -0.05) is 25.1 Å². The fraction of sp³-hybridized carbons (Fsp3) is 0.400. The van der Waals surface area contributed by atoms with Crippen LogP contribution in [0, 0.1) is 0 Å². The van der Waals surface area contributed by atoms with Gasteiger partial charge in [-0.25, -0.2) is 0 Å². The van der Waals surface area contributed by atoms with Crippen LogP contribution >= 0.6 is 0 Å². The Labute approximate surface area is 102 Å². The van der Waals surface area contributed by atoms with Gasteiger partial charge in [0.15, 0.2) is 0 Å². The first kappa shape index (κ1) is 10.7. The molecule has 0 aliphatic carbocycles. The second kappa shape index (κ2) is 4.11. The van der Waals surface area contributed by atoms with E-state index in [1.54, 1.807) is 0 Å². The van der Waals surface area contributed by atoms with E-state index < -0.39 is 0 Å². The van der Waals surface area contributed by atoms with Crippen LogP contribution in [-0.4, -0.2) is 11.5 Å². The lowest BCUT2D eigenvalue weighted by Crippen LogP contribution is -2.36. The molecule has 1 aliphatic heterocycles. The molecule has 88 valence electrons. The molecule has 2 heteroatoms. The van der Waals surface area contributed by atoms with E-state index in [0.717, 1.165) is 18.5 Å². The monoisotopic (exact) mass is 226 g/mol. The Hall–Kier alpha value is -1.41. The topological polar surface area (TPSA) is 24.9 Å². The minimum Gasteiger partial charge on any atom is -0.307 e. The van der Waals surface area contributed by atoms with Crippen molar-refractivity contribution in [1.29, 1.82) is 0 Å². The zero-order valence-electron chi connectivity index (χ0n) is 10.2. The first-order chi connectivity index (χ1) is 8.36. The first-order valence-electron chi connectivity index (χ1n) is 6.45. The van der Waals surface area contributed by atoms with Crippen molar-refractivity contribution in [3.63, 3.8) is 0 Å². The Morgan fingerprint density at radius 1 is 1.29 bits per heavy atom. The molecule has 0 radical (unpaired) electrons. The summed E-state index contributed by atoms with van der Waals surface area (Å²) in [5.74, 6) is 0. The Balaban J connectivity index is 2.22. The zero-order valence-corrected chi connectivity index (χ0v) is 10.2. The van der Waals surface area contributed by atoms with Gasteiger partial charge in [-0.3, -0.25) is 4.98 Å². The third-order valence-electron chi connectivity index (χ3n) is 4.01. The largest absolute Gasteiger partial charge is 0.307 e. The average molecular weight is 226 g/mol. The highest BCUT2D eigenvalue weighted by Crippen LogP contribution is 2.37. The van der Waals surface area contributed by atoms with E-state index in [1.165, 1.54) is 23.8 Å². The summed E-state index contributed by atoms with van der Waals surface area (Å²) in [7, 11) is 0. The summed E-state index contributed by atoms with van der Waals surface area (Å²) in [6.07, 6.45) is 5.51. The number of aromatic nitrogens is 1. The molecule has 2 nitrogen and oxygen atoms in total. The molecular weight excluding hydrogens is 208 g/mol.